The molecule has 2 unspecified atom stereocenters. The normalized spacial score (nSPS) is 20.3. The molecule has 0 saturated carbocycles. The van der Waals surface area contributed by atoms with E-state index in [1.54, 1.807) is 0 Å². The molecule has 1 fully saturated rings. The van der Waals surface area contributed by atoms with Crippen LogP contribution in [0.25, 0.3) is 0 Å². The van der Waals surface area contributed by atoms with Crippen LogP contribution < -0.4 is 0 Å². The van der Waals surface area contributed by atoms with Crippen LogP contribution in [0.2, 0.25) is 0 Å². The van der Waals surface area contributed by atoms with Gasteiger partial charge in [-0.3, -0.25) is 0 Å². The van der Waals surface area contributed by atoms with Crippen molar-refractivity contribution >= 4 is 0 Å². The van der Waals surface area contributed by atoms with E-state index in [4.69, 9.17) is 9.26 Å². The zero-order valence-electron chi connectivity index (χ0n) is 11.9. The molecule has 1 N–H and O–H groups in total. The van der Waals surface area contributed by atoms with Gasteiger partial charge in [-0.2, -0.15) is 4.98 Å². The third-order valence-corrected chi connectivity index (χ3v) is 3.75. The molecule has 0 aliphatic carbocycles. The van der Waals surface area contributed by atoms with Crippen molar-refractivity contribution in [3.63, 3.8) is 0 Å². The van der Waals surface area contributed by atoms with Crippen LogP contribution in [-0.2, 0) is 17.6 Å². The van der Waals surface area contributed by atoms with Crippen LogP contribution >= 0.6 is 0 Å². The first-order valence-corrected chi connectivity index (χ1v) is 7.47. The van der Waals surface area contributed by atoms with Crippen LogP contribution in [0.3, 0.4) is 0 Å². The van der Waals surface area contributed by atoms with Gasteiger partial charge in [0.25, 0.3) is 0 Å². The molecule has 1 aromatic heterocycles. The lowest BCUT2D eigenvalue weighted by Gasteiger charge is -2.20. The quantitative estimate of drug-likeness (QED) is 0.915. The molecule has 1 aliphatic rings. The number of rotatable bonds is 5. The van der Waals surface area contributed by atoms with Gasteiger partial charge < -0.3 is 14.4 Å². The number of nitrogens with zero attached hydrogens (tertiary/aromatic N) is 2. The highest BCUT2D eigenvalue weighted by atomic mass is 16.5. The smallest absolute Gasteiger partial charge is 0.229 e. The Labute approximate surface area is 123 Å². The Morgan fingerprint density at radius 1 is 1.24 bits per heavy atom. The summed E-state index contributed by atoms with van der Waals surface area (Å²) in [6, 6.07) is 9.50. The molecule has 3 rings (SSSR count). The predicted octanol–water partition coefficient (Wildman–Crippen LogP) is 2.46. The van der Waals surface area contributed by atoms with Crippen LogP contribution in [0.5, 0.6) is 0 Å². The van der Waals surface area contributed by atoms with Crippen molar-refractivity contribution in [1.82, 2.24) is 10.1 Å². The maximum absolute atomic E-state index is 10.2. The van der Waals surface area contributed by atoms with E-state index in [1.165, 1.54) is 6.42 Å². The molecular formula is C16H20N2O3. The van der Waals surface area contributed by atoms with E-state index in [-0.39, 0.29) is 6.10 Å². The monoisotopic (exact) mass is 288 g/mol. The topological polar surface area (TPSA) is 68.4 Å². The van der Waals surface area contributed by atoms with Crippen LogP contribution in [0, 0.1) is 0 Å². The molecule has 1 aliphatic heterocycles. The molecular weight excluding hydrogens is 268 g/mol. The molecule has 1 saturated heterocycles. The van der Waals surface area contributed by atoms with Crippen LogP contribution in [0.4, 0.5) is 0 Å². The van der Waals surface area contributed by atoms with Crippen LogP contribution in [0.15, 0.2) is 34.9 Å². The third kappa shape index (κ3) is 3.89. The highest BCUT2D eigenvalue weighted by Crippen LogP contribution is 2.19. The fourth-order valence-corrected chi connectivity index (χ4v) is 2.59. The molecule has 5 heteroatoms. The number of aliphatic hydroxyl groups is 1. The summed E-state index contributed by atoms with van der Waals surface area (Å²) >= 11 is 0. The number of benzene rings is 1. The van der Waals surface area contributed by atoms with E-state index in [1.807, 2.05) is 30.3 Å². The molecule has 0 spiro atoms. The summed E-state index contributed by atoms with van der Waals surface area (Å²) < 4.78 is 10.9. The van der Waals surface area contributed by atoms with Crippen molar-refractivity contribution < 1.29 is 14.4 Å². The second-order valence-electron chi connectivity index (χ2n) is 5.43. The van der Waals surface area contributed by atoms with Crippen LogP contribution in [-0.4, -0.2) is 28.0 Å². The minimum absolute atomic E-state index is 0.197. The van der Waals surface area contributed by atoms with Gasteiger partial charge in [-0.05, 0) is 24.8 Å². The van der Waals surface area contributed by atoms with Gasteiger partial charge in [-0.15, -0.1) is 0 Å². The van der Waals surface area contributed by atoms with E-state index < -0.39 is 6.10 Å². The maximum atomic E-state index is 10.2. The average molecular weight is 288 g/mol. The standard InChI is InChI=1S/C16H20N2O3/c19-14(12-6-2-1-3-7-12)11-16-17-15(18-21-16)10-13-8-4-5-9-20-13/h1-3,6-7,13-14,19H,4-5,8-11H2. The highest BCUT2D eigenvalue weighted by molar-refractivity contribution is 5.18. The number of aromatic nitrogens is 2. The van der Waals surface area contributed by atoms with Gasteiger partial charge in [-0.25, -0.2) is 0 Å². The molecule has 2 aromatic rings. The molecule has 0 amide bonds. The fraction of sp³-hybridized carbons (Fsp3) is 0.500. The van der Waals surface area contributed by atoms with Crippen molar-refractivity contribution in [2.45, 2.75) is 44.3 Å². The van der Waals surface area contributed by atoms with Crippen molar-refractivity contribution in [2.75, 3.05) is 6.61 Å². The van der Waals surface area contributed by atoms with Crippen LogP contribution in [0.1, 0.15) is 42.6 Å². The zero-order valence-corrected chi connectivity index (χ0v) is 11.9. The predicted molar refractivity (Wildman–Crippen MR) is 76.7 cm³/mol. The Morgan fingerprint density at radius 3 is 2.86 bits per heavy atom. The average Bonchev–Trinajstić information content (AvgIpc) is 2.96. The highest BCUT2D eigenvalue weighted by Gasteiger charge is 2.19. The van der Waals surface area contributed by atoms with Crippen molar-refractivity contribution in [2.24, 2.45) is 0 Å². The lowest BCUT2D eigenvalue weighted by atomic mass is 10.1. The first-order valence-electron chi connectivity index (χ1n) is 7.47. The summed E-state index contributed by atoms with van der Waals surface area (Å²) in [5.41, 5.74) is 0.855. The Morgan fingerprint density at radius 2 is 2.10 bits per heavy atom. The largest absolute Gasteiger partial charge is 0.388 e. The zero-order chi connectivity index (χ0) is 14.5. The Bertz CT molecular complexity index is 550. The maximum Gasteiger partial charge on any atom is 0.229 e. The Hall–Kier alpha value is -1.72. The number of aliphatic hydroxyl groups excluding tert-OH is 1. The molecule has 21 heavy (non-hydrogen) atoms. The molecule has 0 radical (unpaired) electrons. The second-order valence-corrected chi connectivity index (χ2v) is 5.43. The molecule has 0 bridgehead atoms. The summed E-state index contributed by atoms with van der Waals surface area (Å²) in [4.78, 5) is 4.35. The van der Waals surface area contributed by atoms with Gasteiger partial charge in [0.2, 0.25) is 5.89 Å². The van der Waals surface area contributed by atoms with E-state index in [0.717, 1.165) is 25.0 Å². The summed E-state index contributed by atoms with van der Waals surface area (Å²) in [6.07, 6.45) is 3.98. The molecule has 2 atom stereocenters. The Kier molecular flexibility index (Phi) is 4.62. The van der Waals surface area contributed by atoms with Gasteiger partial charge >= 0.3 is 0 Å². The van der Waals surface area contributed by atoms with Gasteiger partial charge in [0.05, 0.1) is 18.6 Å². The first-order chi connectivity index (χ1) is 10.3. The first kappa shape index (κ1) is 14.2. The summed E-state index contributed by atoms with van der Waals surface area (Å²) in [7, 11) is 0. The second kappa shape index (κ2) is 6.83. The number of ether oxygens (including phenoxy) is 1. The number of hydrogen-bond donors (Lipinski definition) is 1. The fourth-order valence-electron chi connectivity index (χ4n) is 2.59. The lowest BCUT2D eigenvalue weighted by molar-refractivity contribution is 0.0153. The Balaban J connectivity index is 1.57. The summed E-state index contributed by atoms with van der Waals surface area (Å²) in [5, 5.41) is 14.1. The van der Waals surface area contributed by atoms with E-state index in [2.05, 4.69) is 10.1 Å². The van der Waals surface area contributed by atoms with E-state index >= 15 is 0 Å². The van der Waals surface area contributed by atoms with Crippen molar-refractivity contribution in [3.05, 3.63) is 47.6 Å². The van der Waals surface area contributed by atoms with E-state index in [9.17, 15) is 5.11 Å². The summed E-state index contributed by atoms with van der Waals surface area (Å²) in [6.45, 7) is 0.822. The molecule has 2 heterocycles. The van der Waals surface area contributed by atoms with E-state index in [0.29, 0.717) is 24.6 Å². The van der Waals surface area contributed by atoms with Crippen molar-refractivity contribution in [1.29, 1.82) is 0 Å². The van der Waals surface area contributed by atoms with Crippen molar-refractivity contribution in [3.8, 4) is 0 Å². The van der Waals surface area contributed by atoms with Gasteiger partial charge in [-0.1, -0.05) is 35.5 Å². The minimum Gasteiger partial charge on any atom is -0.388 e. The summed E-state index contributed by atoms with van der Waals surface area (Å²) in [5.74, 6) is 1.13. The number of hydrogen-bond acceptors (Lipinski definition) is 5. The molecule has 112 valence electrons. The SMILES string of the molecule is OC(Cc1nc(CC2CCCCO2)no1)c1ccccc1. The molecule has 1 aromatic carbocycles. The van der Waals surface area contributed by atoms with Gasteiger partial charge in [0.15, 0.2) is 5.82 Å². The minimum atomic E-state index is -0.620. The van der Waals surface area contributed by atoms with Gasteiger partial charge in [0.1, 0.15) is 0 Å². The third-order valence-electron chi connectivity index (χ3n) is 3.75. The molecule has 5 nitrogen and oxygen atoms in total. The lowest BCUT2D eigenvalue weighted by Crippen LogP contribution is -2.21. The van der Waals surface area contributed by atoms with Gasteiger partial charge in [0, 0.05) is 13.0 Å².